The molecule has 0 radical (unpaired) electrons. The van der Waals surface area contributed by atoms with Crippen LogP contribution in [0.25, 0.3) is 11.0 Å². The molecular formula is C22H36N6O2. The first kappa shape index (κ1) is 23.5. The number of amides is 1. The summed E-state index contributed by atoms with van der Waals surface area (Å²) in [5.74, 6) is 1.82. The minimum Gasteiger partial charge on any atom is -0.444 e. The number of aryl methyl sites for hydroxylation is 2. The van der Waals surface area contributed by atoms with Gasteiger partial charge in [0.15, 0.2) is 5.96 Å². The topological polar surface area (TPSA) is 92.6 Å². The number of aliphatic imine (C=N–C) groups is 1. The Morgan fingerprint density at radius 1 is 1.13 bits per heavy atom. The summed E-state index contributed by atoms with van der Waals surface area (Å²) in [7, 11) is 0. The first-order chi connectivity index (χ1) is 14.3. The van der Waals surface area contributed by atoms with Gasteiger partial charge in [-0.25, -0.2) is 9.78 Å². The molecule has 0 fully saturated rings. The predicted octanol–water partition coefficient (Wildman–Crippen LogP) is 3.20. The molecule has 0 saturated carbocycles. The van der Waals surface area contributed by atoms with Gasteiger partial charge in [-0.15, -0.1) is 0 Å². The Bertz CT molecular complexity index is 838. The second kappa shape index (κ2) is 11.4. The Kier molecular flexibility index (Phi) is 8.95. The van der Waals surface area contributed by atoms with E-state index < -0.39 is 5.60 Å². The van der Waals surface area contributed by atoms with Crippen LogP contribution in [0.1, 0.15) is 46.4 Å². The fourth-order valence-corrected chi connectivity index (χ4v) is 3.04. The van der Waals surface area contributed by atoms with Gasteiger partial charge in [0.25, 0.3) is 0 Å². The van der Waals surface area contributed by atoms with Crippen LogP contribution in [0.5, 0.6) is 0 Å². The monoisotopic (exact) mass is 416 g/mol. The lowest BCUT2D eigenvalue weighted by Gasteiger charge is -2.19. The summed E-state index contributed by atoms with van der Waals surface area (Å²) in [6.07, 6.45) is 1.33. The summed E-state index contributed by atoms with van der Waals surface area (Å²) >= 11 is 0. The SMILES string of the molecule is CCNC(=NCCCn1c(C)nc2ccccc21)NCCCNC(=O)OC(C)(C)C. The first-order valence-electron chi connectivity index (χ1n) is 10.7. The van der Waals surface area contributed by atoms with Gasteiger partial charge in [-0.1, -0.05) is 12.1 Å². The zero-order valence-corrected chi connectivity index (χ0v) is 18.9. The quantitative estimate of drug-likeness (QED) is 0.332. The van der Waals surface area contributed by atoms with Crippen molar-refractivity contribution in [2.24, 2.45) is 4.99 Å². The highest BCUT2D eigenvalue weighted by molar-refractivity contribution is 5.79. The molecule has 0 aliphatic carbocycles. The maximum Gasteiger partial charge on any atom is 0.407 e. The van der Waals surface area contributed by atoms with Crippen LogP contribution in [0.2, 0.25) is 0 Å². The average molecular weight is 417 g/mol. The lowest BCUT2D eigenvalue weighted by molar-refractivity contribution is 0.0527. The van der Waals surface area contributed by atoms with Crippen LogP contribution >= 0.6 is 0 Å². The van der Waals surface area contributed by atoms with Crippen molar-refractivity contribution in [1.29, 1.82) is 0 Å². The first-order valence-corrected chi connectivity index (χ1v) is 10.7. The van der Waals surface area contributed by atoms with E-state index in [9.17, 15) is 4.79 Å². The molecule has 166 valence electrons. The minimum atomic E-state index is -0.477. The lowest BCUT2D eigenvalue weighted by Crippen LogP contribution is -2.39. The number of rotatable bonds is 9. The Balaban J connectivity index is 1.72. The number of carbonyl (C=O) groups excluding carboxylic acids is 1. The van der Waals surface area contributed by atoms with Gasteiger partial charge in [0.2, 0.25) is 0 Å². The molecular weight excluding hydrogens is 380 g/mol. The molecule has 0 atom stereocenters. The molecule has 0 bridgehead atoms. The number of carbonyl (C=O) groups is 1. The largest absolute Gasteiger partial charge is 0.444 e. The molecule has 1 aromatic heterocycles. The summed E-state index contributed by atoms with van der Waals surface area (Å²) in [6, 6.07) is 8.21. The molecule has 30 heavy (non-hydrogen) atoms. The number of alkyl carbamates (subject to hydrolysis) is 1. The van der Waals surface area contributed by atoms with E-state index >= 15 is 0 Å². The lowest BCUT2D eigenvalue weighted by atomic mass is 10.2. The van der Waals surface area contributed by atoms with Crippen molar-refractivity contribution in [2.45, 2.75) is 59.6 Å². The summed E-state index contributed by atoms with van der Waals surface area (Å²) in [5.41, 5.74) is 1.73. The molecule has 1 amide bonds. The number of benzene rings is 1. The molecule has 3 N–H and O–H groups in total. The van der Waals surface area contributed by atoms with Crippen molar-refractivity contribution >= 4 is 23.1 Å². The number of hydrogen-bond donors (Lipinski definition) is 3. The van der Waals surface area contributed by atoms with Gasteiger partial charge >= 0.3 is 6.09 Å². The standard InChI is InChI=1S/C22H36N6O2/c1-6-23-20(24-13-9-14-26-21(29)30-22(3,4)5)25-15-10-16-28-17(2)27-18-11-7-8-12-19(18)28/h7-8,11-12H,6,9-10,13-16H2,1-5H3,(H,26,29)(H2,23,24,25). The van der Waals surface area contributed by atoms with Crippen molar-refractivity contribution in [1.82, 2.24) is 25.5 Å². The number of ether oxygens (including phenoxy) is 1. The van der Waals surface area contributed by atoms with E-state index in [1.165, 1.54) is 5.52 Å². The molecule has 0 unspecified atom stereocenters. The number of nitrogens with zero attached hydrogens (tertiary/aromatic N) is 3. The molecule has 0 aliphatic rings. The minimum absolute atomic E-state index is 0.384. The third-order valence-corrected chi connectivity index (χ3v) is 4.31. The fourth-order valence-electron chi connectivity index (χ4n) is 3.04. The van der Waals surface area contributed by atoms with E-state index in [0.717, 1.165) is 49.8 Å². The highest BCUT2D eigenvalue weighted by Gasteiger charge is 2.15. The normalized spacial score (nSPS) is 12.1. The van der Waals surface area contributed by atoms with E-state index in [1.807, 2.05) is 52.8 Å². The van der Waals surface area contributed by atoms with Crippen molar-refractivity contribution in [3.63, 3.8) is 0 Å². The number of imidazole rings is 1. The van der Waals surface area contributed by atoms with Crippen LogP contribution in [0.15, 0.2) is 29.3 Å². The number of aromatic nitrogens is 2. The van der Waals surface area contributed by atoms with E-state index in [4.69, 9.17) is 4.74 Å². The zero-order valence-electron chi connectivity index (χ0n) is 18.9. The predicted molar refractivity (Wildman–Crippen MR) is 122 cm³/mol. The number of hydrogen-bond acceptors (Lipinski definition) is 4. The highest BCUT2D eigenvalue weighted by Crippen LogP contribution is 2.15. The fraction of sp³-hybridized carbons (Fsp3) is 0.591. The van der Waals surface area contributed by atoms with Crippen molar-refractivity contribution < 1.29 is 9.53 Å². The van der Waals surface area contributed by atoms with Crippen LogP contribution in [0, 0.1) is 6.92 Å². The second-order valence-corrected chi connectivity index (χ2v) is 8.12. The van der Waals surface area contributed by atoms with E-state index in [2.05, 4.69) is 36.6 Å². The molecule has 8 nitrogen and oxygen atoms in total. The van der Waals surface area contributed by atoms with Gasteiger partial charge in [0.1, 0.15) is 11.4 Å². The Labute approximate surface area is 179 Å². The van der Waals surface area contributed by atoms with Gasteiger partial charge < -0.3 is 25.3 Å². The number of para-hydroxylation sites is 2. The molecule has 2 aromatic rings. The number of fused-ring (bicyclic) bond motifs is 1. The summed E-state index contributed by atoms with van der Waals surface area (Å²) in [6.45, 7) is 13.3. The van der Waals surface area contributed by atoms with Crippen LogP contribution in [0.3, 0.4) is 0 Å². The smallest absolute Gasteiger partial charge is 0.407 e. The van der Waals surface area contributed by atoms with Crippen LogP contribution in [0.4, 0.5) is 4.79 Å². The van der Waals surface area contributed by atoms with Crippen LogP contribution in [-0.4, -0.2) is 53.4 Å². The molecule has 2 rings (SSSR count). The maximum atomic E-state index is 11.6. The van der Waals surface area contributed by atoms with Gasteiger partial charge in [-0.3, -0.25) is 4.99 Å². The average Bonchev–Trinajstić information content (AvgIpc) is 2.98. The Hall–Kier alpha value is -2.77. The Morgan fingerprint density at radius 3 is 2.60 bits per heavy atom. The summed E-state index contributed by atoms with van der Waals surface area (Å²) < 4.78 is 7.47. The number of nitrogens with one attached hydrogen (secondary N) is 3. The van der Waals surface area contributed by atoms with Gasteiger partial charge in [0, 0.05) is 32.7 Å². The van der Waals surface area contributed by atoms with Crippen LogP contribution in [-0.2, 0) is 11.3 Å². The van der Waals surface area contributed by atoms with E-state index in [1.54, 1.807) is 0 Å². The molecule has 1 heterocycles. The van der Waals surface area contributed by atoms with E-state index in [-0.39, 0.29) is 6.09 Å². The third-order valence-electron chi connectivity index (χ3n) is 4.31. The van der Waals surface area contributed by atoms with Gasteiger partial charge in [-0.05, 0) is 59.6 Å². The van der Waals surface area contributed by atoms with Gasteiger partial charge in [0.05, 0.1) is 11.0 Å². The van der Waals surface area contributed by atoms with Gasteiger partial charge in [-0.2, -0.15) is 0 Å². The van der Waals surface area contributed by atoms with Crippen LogP contribution < -0.4 is 16.0 Å². The van der Waals surface area contributed by atoms with Crippen molar-refractivity contribution in [3.05, 3.63) is 30.1 Å². The molecule has 0 spiro atoms. The van der Waals surface area contributed by atoms with Crippen molar-refractivity contribution in [3.8, 4) is 0 Å². The number of guanidine groups is 1. The summed E-state index contributed by atoms with van der Waals surface area (Å²) in [4.78, 5) is 20.9. The third kappa shape index (κ3) is 7.93. The Morgan fingerprint density at radius 2 is 1.87 bits per heavy atom. The molecule has 1 aromatic carbocycles. The molecule has 0 aliphatic heterocycles. The van der Waals surface area contributed by atoms with Crippen molar-refractivity contribution in [2.75, 3.05) is 26.2 Å². The zero-order chi connectivity index (χ0) is 22.0. The van der Waals surface area contributed by atoms with E-state index in [0.29, 0.717) is 13.1 Å². The maximum absolute atomic E-state index is 11.6. The molecule has 0 saturated heterocycles. The highest BCUT2D eigenvalue weighted by atomic mass is 16.6. The molecule has 8 heteroatoms. The second-order valence-electron chi connectivity index (χ2n) is 8.12. The summed E-state index contributed by atoms with van der Waals surface area (Å²) in [5, 5.41) is 9.32.